The molecular formula is C12H10F2N2O4S. The lowest BCUT2D eigenvalue weighted by Crippen LogP contribution is -2.05. The quantitative estimate of drug-likeness (QED) is 0.866. The van der Waals surface area contributed by atoms with Gasteiger partial charge in [-0.05, 0) is 18.2 Å². The number of hydrogen-bond acceptors (Lipinski definition) is 4. The second-order valence-corrected chi connectivity index (χ2v) is 6.33. The van der Waals surface area contributed by atoms with E-state index in [4.69, 9.17) is 5.11 Å². The highest BCUT2D eigenvalue weighted by Crippen LogP contribution is 2.30. The maximum absolute atomic E-state index is 14.3. The van der Waals surface area contributed by atoms with Gasteiger partial charge in [-0.15, -0.1) is 0 Å². The number of aromatic carboxylic acids is 1. The van der Waals surface area contributed by atoms with Crippen molar-refractivity contribution in [3.05, 3.63) is 35.5 Å². The first-order valence-corrected chi connectivity index (χ1v) is 7.48. The molecule has 1 aromatic heterocycles. The van der Waals surface area contributed by atoms with E-state index in [2.05, 4.69) is 5.10 Å². The van der Waals surface area contributed by atoms with Gasteiger partial charge >= 0.3 is 5.97 Å². The highest BCUT2D eigenvalue weighted by atomic mass is 32.2. The molecular weight excluding hydrogens is 306 g/mol. The molecule has 1 N–H and O–H groups in total. The normalized spacial score (nSPS) is 11.6. The smallest absolute Gasteiger partial charge is 0.356 e. The molecule has 0 atom stereocenters. The second-order valence-electron chi connectivity index (χ2n) is 4.35. The molecule has 0 saturated heterocycles. The van der Waals surface area contributed by atoms with E-state index in [0.717, 1.165) is 29.1 Å². The van der Waals surface area contributed by atoms with Crippen LogP contribution in [0.3, 0.4) is 0 Å². The van der Waals surface area contributed by atoms with Crippen molar-refractivity contribution in [3.8, 4) is 11.3 Å². The number of sulfone groups is 1. The first-order valence-electron chi connectivity index (χ1n) is 5.58. The van der Waals surface area contributed by atoms with Crippen LogP contribution in [0, 0.1) is 11.6 Å². The van der Waals surface area contributed by atoms with Gasteiger partial charge in [0, 0.05) is 13.3 Å². The molecule has 0 unspecified atom stereocenters. The van der Waals surface area contributed by atoms with Crippen LogP contribution in [0.2, 0.25) is 0 Å². The molecule has 2 rings (SSSR count). The molecule has 2 aromatic rings. The van der Waals surface area contributed by atoms with Crippen molar-refractivity contribution >= 4 is 15.8 Å². The van der Waals surface area contributed by atoms with Gasteiger partial charge in [-0.3, -0.25) is 4.68 Å². The lowest BCUT2D eigenvalue weighted by Gasteiger charge is -2.08. The van der Waals surface area contributed by atoms with Gasteiger partial charge in [0.05, 0.1) is 11.3 Å². The first kappa shape index (κ1) is 15.1. The van der Waals surface area contributed by atoms with Gasteiger partial charge in [0.2, 0.25) is 0 Å². The third kappa shape index (κ3) is 2.64. The van der Waals surface area contributed by atoms with Crippen LogP contribution in [0.15, 0.2) is 23.1 Å². The van der Waals surface area contributed by atoms with Crippen LogP contribution in [0.25, 0.3) is 11.3 Å². The highest BCUT2D eigenvalue weighted by Gasteiger charge is 2.24. The van der Waals surface area contributed by atoms with Crippen molar-refractivity contribution in [2.75, 3.05) is 6.26 Å². The molecule has 21 heavy (non-hydrogen) atoms. The molecule has 0 spiro atoms. The van der Waals surface area contributed by atoms with Gasteiger partial charge < -0.3 is 5.11 Å². The lowest BCUT2D eigenvalue weighted by atomic mass is 10.1. The van der Waals surface area contributed by atoms with Gasteiger partial charge in [-0.25, -0.2) is 22.0 Å². The topological polar surface area (TPSA) is 89.3 Å². The van der Waals surface area contributed by atoms with Crippen LogP contribution in [-0.4, -0.2) is 35.5 Å². The molecule has 0 saturated carbocycles. The van der Waals surface area contributed by atoms with Crippen LogP contribution in [0.5, 0.6) is 0 Å². The predicted octanol–water partition coefficient (Wildman–Crippen LogP) is 1.47. The van der Waals surface area contributed by atoms with E-state index in [1.54, 1.807) is 0 Å². The molecule has 0 aliphatic heterocycles. The molecule has 0 radical (unpaired) electrons. The fourth-order valence-electron chi connectivity index (χ4n) is 1.86. The maximum atomic E-state index is 14.3. The van der Waals surface area contributed by atoms with Gasteiger partial charge in [-0.1, -0.05) is 0 Å². The van der Waals surface area contributed by atoms with Crippen molar-refractivity contribution in [1.82, 2.24) is 9.78 Å². The summed E-state index contributed by atoms with van der Waals surface area (Å²) in [5.41, 5.74) is -1.22. The Labute approximate surface area is 118 Å². The van der Waals surface area contributed by atoms with Crippen molar-refractivity contribution in [3.63, 3.8) is 0 Å². The summed E-state index contributed by atoms with van der Waals surface area (Å²) in [5.74, 6) is -3.66. The van der Waals surface area contributed by atoms with Crippen LogP contribution < -0.4 is 0 Å². The molecule has 0 bridgehead atoms. The number of aromatic nitrogens is 2. The third-order valence-electron chi connectivity index (χ3n) is 2.81. The zero-order chi connectivity index (χ0) is 15.9. The minimum Gasteiger partial charge on any atom is -0.476 e. The summed E-state index contributed by atoms with van der Waals surface area (Å²) >= 11 is 0. The lowest BCUT2D eigenvalue weighted by molar-refractivity contribution is 0.0689. The number of halogens is 2. The molecule has 0 aliphatic rings. The number of rotatable bonds is 3. The summed E-state index contributed by atoms with van der Waals surface area (Å²) in [7, 11) is -2.59. The van der Waals surface area contributed by atoms with E-state index >= 15 is 0 Å². The third-order valence-corrected chi connectivity index (χ3v) is 3.92. The Hall–Kier alpha value is -2.29. The van der Waals surface area contributed by atoms with Gasteiger partial charge in [-0.2, -0.15) is 5.10 Å². The number of carboxylic acid groups (broad SMARTS) is 1. The molecule has 1 aromatic carbocycles. The molecule has 6 nitrogen and oxygen atoms in total. The van der Waals surface area contributed by atoms with E-state index in [9.17, 15) is 22.0 Å². The number of carbonyl (C=O) groups is 1. The van der Waals surface area contributed by atoms with E-state index in [1.807, 2.05) is 0 Å². The molecule has 9 heteroatoms. The maximum Gasteiger partial charge on any atom is 0.356 e. The summed E-state index contributed by atoms with van der Waals surface area (Å²) in [5, 5.41) is 12.4. The monoisotopic (exact) mass is 316 g/mol. The van der Waals surface area contributed by atoms with E-state index < -0.39 is 43.6 Å². The summed E-state index contributed by atoms with van der Waals surface area (Å²) in [6, 6.07) is 2.59. The van der Waals surface area contributed by atoms with Crippen molar-refractivity contribution in [1.29, 1.82) is 0 Å². The van der Waals surface area contributed by atoms with Crippen molar-refractivity contribution in [2.45, 2.75) is 4.90 Å². The average Bonchev–Trinajstić information content (AvgIpc) is 2.70. The van der Waals surface area contributed by atoms with E-state index in [1.165, 1.54) is 7.05 Å². The molecule has 1 heterocycles. The summed E-state index contributed by atoms with van der Waals surface area (Å²) in [6.07, 6.45) is 0.791. The van der Waals surface area contributed by atoms with Crippen LogP contribution >= 0.6 is 0 Å². The SMILES string of the molecule is Cn1nc(C(=O)O)cc1-c1c(F)ccc(S(C)(=O)=O)c1F. The molecule has 0 aliphatic carbocycles. The van der Waals surface area contributed by atoms with Crippen LogP contribution in [0.4, 0.5) is 8.78 Å². The van der Waals surface area contributed by atoms with E-state index in [-0.39, 0.29) is 5.69 Å². The summed E-state index contributed by atoms with van der Waals surface area (Å²) < 4.78 is 52.1. The number of benzene rings is 1. The average molecular weight is 316 g/mol. The number of aryl methyl sites for hydroxylation is 1. The first-order chi connectivity index (χ1) is 9.62. The zero-order valence-electron chi connectivity index (χ0n) is 11.0. The van der Waals surface area contributed by atoms with E-state index in [0.29, 0.717) is 0 Å². The van der Waals surface area contributed by atoms with Crippen LogP contribution in [-0.2, 0) is 16.9 Å². The van der Waals surface area contributed by atoms with Gasteiger partial charge in [0.1, 0.15) is 10.7 Å². The Morgan fingerprint density at radius 1 is 1.33 bits per heavy atom. The van der Waals surface area contributed by atoms with Crippen LogP contribution in [0.1, 0.15) is 10.5 Å². The highest BCUT2D eigenvalue weighted by molar-refractivity contribution is 7.90. The molecule has 0 amide bonds. The summed E-state index contributed by atoms with van der Waals surface area (Å²) in [6.45, 7) is 0. The molecule has 112 valence electrons. The van der Waals surface area contributed by atoms with Gasteiger partial charge in [0.15, 0.2) is 21.3 Å². The predicted molar refractivity (Wildman–Crippen MR) is 68.6 cm³/mol. The fraction of sp³-hybridized carbons (Fsp3) is 0.167. The number of nitrogens with zero attached hydrogens (tertiary/aromatic N) is 2. The zero-order valence-corrected chi connectivity index (χ0v) is 11.8. The number of carboxylic acids is 1. The number of hydrogen-bond donors (Lipinski definition) is 1. The Balaban J connectivity index is 2.78. The van der Waals surface area contributed by atoms with Gasteiger partial charge in [0.25, 0.3) is 0 Å². The fourth-order valence-corrected chi connectivity index (χ4v) is 2.60. The Morgan fingerprint density at radius 2 is 1.95 bits per heavy atom. The second kappa shape index (κ2) is 4.92. The minimum absolute atomic E-state index is 0.173. The Morgan fingerprint density at radius 3 is 2.43 bits per heavy atom. The van der Waals surface area contributed by atoms with Crippen molar-refractivity contribution in [2.24, 2.45) is 7.05 Å². The Kier molecular flexibility index (Phi) is 3.54. The minimum atomic E-state index is -3.89. The molecule has 0 fully saturated rings. The largest absolute Gasteiger partial charge is 0.476 e. The summed E-state index contributed by atoms with van der Waals surface area (Å²) in [4.78, 5) is 10.2. The van der Waals surface area contributed by atoms with Crippen molar-refractivity contribution < 1.29 is 27.1 Å². The Bertz CT molecular complexity index is 843. The standard InChI is InChI=1S/C12H10F2N2O4S/c1-16-8(5-7(15-16)12(17)18)10-6(13)3-4-9(11(10)14)21(2,19)20/h3-5H,1-2H3,(H,17,18).